The van der Waals surface area contributed by atoms with Gasteiger partial charge in [-0.15, -0.1) is 0 Å². The van der Waals surface area contributed by atoms with E-state index in [0.29, 0.717) is 5.54 Å². The monoisotopic (exact) mass is 242 g/mol. The van der Waals surface area contributed by atoms with Crippen molar-refractivity contribution in [1.29, 1.82) is 0 Å². The van der Waals surface area contributed by atoms with Crippen LogP contribution in [0.3, 0.4) is 0 Å². The molecule has 1 saturated heterocycles. The van der Waals surface area contributed by atoms with Crippen LogP contribution in [0, 0.1) is 5.92 Å². The van der Waals surface area contributed by atoms with Crippen molar-refractivity contribution in [3.63, 3.8) is 0 Å². The Morgan fingerprint density at radius 2 is 1.71 bits per heavy atom. The zero-order valence-corrected chi connectivity index (χ0v) is 11.9. The van der Waals surface area contributed by atoms with Gasteiger partial charge in [-0.3, -0.25) is 0 Å². The molecule has 3 nitrogen and oxygen atoms in total. The minimum absolute atomic E-state index is 0.547. The van der Waals surface area contributed by atoms with Crippen molar-refractivity contribution in [2.45, 2.75) is 45.1 Å². The third-order valence-corrected chi connectivity index (χ3v) is 5.52. The van der Waals surface area contributed by atoms with Gasteiger partial charge in [0.05, 0.1) is 6.54 Å². The molecule has 1 heterocycles. The first-order chi connectivity index (χ1) is 8.20. The molecule has 0 aromatic heterocycles. The standard InChI is InChI=1S/C14H29N3/c1-3-16-8-10-17(11-9-16)14(12-15)6-4-13(2)5-7-14/h13H,3-12,15H2,1-2H3/p+3. The van der Waals surface area contributed by atoms with Gasteiger partial charge in [0.15, 0.2) is 0 Å². The van der Waals surface area contributed by atoms with Crippen molar-refractivity contribution in [2.24, 2.45) is 5.92 Å². The van der Waals surface area contributed by atoms with Crippen molar-refractivity contribution < 1.29 is 15.5 Å². The maximum absolute atomic E-state index is 4.29. The predicted molar refractivity (Wildman–Crippen MR) is 70.1 cm³/mol. The summed E-state index contributed by atoms with van der Waals surface area (Å²) in [7, 11) is 0. The number of likely N-dealkylation sites (N-methyl/N-ethyl adjacent to an activating group) is 1. The molecule has 17 heavy (non-hydrogen) atoms. The fourth-order valence-electron chi connectivity index (χ4n) is 3.88. The number of piperazine rings is 1. The summed E-state index contributed by atoms with van der Waals surface area (Å²) in [5.74, 6) is 0.955. The average Bonchev–Trinajstić information content (AvgIpc) is 2.40. The minimum atomic E-state index is 0.547. The van der Waals surface area contributed by atoms with Crippen molar-refractivity contribution in [3.8, 4) is 0 Å². The molecule has 3 heteroatoms. The van der Waals surface area contributed by atoms with Gasteiger partial charge in [0.2, 0.25) is 0 Å². The van der Waals surface area contributed by atoms with Gasteiger partial charge in [-0.2, -0.15) is 0 Å². The molecule has 100 valence electrons. The van der Waals surface area contributed by atoms with E-state index in [4.69, 9.17) is 0 Å². The fraction of sp³-hybridized carbons (Fsp3) is 1.00. The lowest BCUT2D eigenvalue weighted by atomic mass is 9.75. The molecule has 2 aliphatic rings. The van der Waals surface area contributed by atoms with Gasteiger partial charge in [-0.05, 0) is 25.7 Å². The van der Waals surface area contributed by atoms with Crippen LogP contribution in [-0.2, 0) is 0 Å². The largest absolute Gasteiger partial charge is 0.352 e. The molecule has 0 unspecified atom stereocenters. The lowest BCUT2D eigenvalue weighted by Crippen LogP contribution is -3.32. The average molecular weight is 242 g/mol. The Morgan fingerprint density at radius 1 is 1.12 bits per heavy atom. The first kappa shape index (κ1) is 13.3. The number of hydrogen-bond donors (Lipinski definition) is 3. The van der Waals surface area contributed by atoms with Gasteiger partial charge in [0.1, 0.15) is 38.3 Å². The van der Waals surface area contributed by atoms with E-state index < -0.39 is 0 Å². The molecule has 1 aliphatic carbocycles. The smallest absolute Gasteiger partial charge is 0.147 e. The molecular weight excluding hydrogens is 210 g/mol. The van der Waals surface area contributed by atoms with E-state index in [1.807, 2.05) is 4.90 Å². The van der Waals surface area contributed by atoms with Crippen LogP contribution in [0.4, 0.5) is 0 Å². The SMILES string of the molecule is CC[NH+]1CC[NH+](C2(C[NH3+])CCC(C)CC2)CC1. The predicted octanol–water partition coefficient (Wildman–Crippen LogP) is -2.02. The van der Waals surface area contributed by atoms with Crippen molar-refractivity contribution in [1.82, 2.24) is 0 Å². The number of rotatable bonds is 3. The lowest BCUT2D eigenvalue weighted by Gasteiger charge is -2.44. The van der Waals surface area contributed by atoms with Crippen LogP contribution < -0.4 is 15.5 Å². The second-order valence-electron chi connectivity index (χ2n) is 6.42. The molecule has 1 saturated carbocycles. The first-order valence-corrected chi connectivity index (χ1v) is 7.68. The number of hydrogen-bond acceptors (Lipinski definition) is 0. The Balaban J connectivity index is 1.94. The van der Waals surface area contributed by atoms with Gasteiger partial charge in [-0.25, -0.2) is 0 Å². The van der Waals surface area contributed by atoms with E-state index >= 15 is 0 Å². The molecule has 0 atom stereocenters. The Labute approximate surface area is 106 Å². The Kier molecular flexibility index (Phi) is 4.45. The molecule has 0 aromatic carbocycles. The summed E-state index contributed by atoms with van der Waals surface area (Å²) < 4.78 is 0. The fourth-order valence-corrected chi connectivity index (χ4v) is 3.88. The van der Waals surface area contributed by atoms with Crippen LogP contribution in [0.25, 0.3) is 0 Å². The summed E-state index contributed by atoms with van der Waals surface area (Å²) >= 11 is 0. The van der Waals surface area contributed by atoms with Crippen LogP contribution >= 0.6 is 0 Å². The molecule has 1 aliphatic heterocycles. The molecule has 2 fully saturated rings. The topological polar surface area (TPSA) is 36.5 Å². The molecule has 0 bridgehead atoms. The zero-order valence-electron chi connectivity index (χ0n) is 11.9. The highest BCUT2D eigenvalue weighted by molar-refractivity contribution is 4.84. The van der Waals surface area contributed by atoms with Crippen molar-refractivity contribution in [2.75, 3.05) is 39.3 Å². The molecule has 0 aromatic rings. The third kappa shape index (κ3) is 2.83. The van der Waals surface area contributed by atoms with Gasteiger partial charge >= 0.3 is 0 Å². The van der Waals surface area contributed by atoms with Crippen LogP contribution in [0.2, 0.25) is 0 Å². The van der Waals surface area contributed by atoms with Crippen molar-refractivity contribution >= 4 is 0 Å². The number of nitrogens with one attached hydrogen (secondary N) is 2. The van der Waals surface area contributed by atoms with E-state index in [-0.39, 0.29) is 0 Å². The lowest BCUT2D eigenvalue weighted by molar-refractivity contribution is -1.04. The molecule has 2 rings (SSSR count). The highest BCUT2D eigenvalue weighted by atomic mass is 15.3. The molecule has 5 N–H and O–H groups in total. The van der Waals surface area contributed by atoms with Crippen molar-refractivity contribution in [3.05, 3.63) is 0 Å². The molecular formula is C14H32N3+3. The summed E-state index contributed by atoms with van der Waals surface area (Å²) in [6, 6.07) is 0. The summed E-state index contributed by atoms with van der Waals surface area (Å²) in [6.07, 6.45) is 5.72. The van der Waals surface area contributed by atoms with Crippen LogP contribution in [0.5, 0.6) is 0 Å². The Morgan fingerprint density at radius 3 is 2.18 bits per heavy atom. The van der Waals surface area contributed by atoms with E-state index in [1.54, 1.807) is 4.90 Å². The van der Waals surface area contributed by atoms with Gasteiger partial charge in [-0.1, -0.05) is 6.92 Å². The number of quaternary nitrogens is 3. The van der Waals surface area contributed by atoms with Crippen LogP contribution in [0.1, 0.15) is 39.5 Å². The molecule has 0 radical (unpaired) electrons. The minimum Gasteiger partial charge on any atom is -0.352 e. The maximum atomic E-state index is 4.29. The Hall–Kier alpha value is -0.120. The Bertz CT molecular complexity index is 226. The summed E-state index contributed by atoms with van der Waals surface area (Å²) in [5.41, 5.74) is 4.84. The zero-order chi connectivity index (χ0) is 12.3. The normalized spacial score (nSPS) is 43.6. The molecule has 0 spiro atoms. The highest BCUT2D eigenvalue weighted by Gasteiger charge is 2.45. The summed E-state index contributed by atoms with van der Waals surface area (Å²) in [6.45, 7) is 12.7. The van der Waals surface area contributed by atoms with Gasteiger partial charge < -0.3 is 15.5 Å². The quantitative estimate of drug-likeness (QED) is 0.511. The third-order valence-electron chi connectivity index (χ3n) is 5.52. The van der Waals surface area contributed by atoms with Gasteiger partial charge in [0, 0.05) is 12.8 Å². The van der Waals surface area contributed by atoms with E-state index in [1.165, 1.54) is 58.4 Å². The van der Waals surface area contributed by atoms with Crippen LogP contribution in [0.15, 0.2) is 0 Å². The maximum Gasteiger partial charge on any atom is 0.147 e. The second kappa shape index (κ2) is 5.68. The van der Waals surface area contributed by atoms with E-state index in [0.717, 1.165) is 12.5 Å². The second-order valence-corrected chi connectivity index (χ2v) is 6.42. The van der Waals surface area contributed by atoms with Crippen LogP contribution in [-0.4, -0.2) is 44.8 Å². The molecule has 0 amide bonds. The summed E-state index contributed by atoms with van der Waals surface area (Å²) in [4.78, 5) is 3.69. The van der Waals surface area contributed by atoms with E-state index in [2.05, 4.69) is 19.6 Å². The highest BCUT2D eigenvalue weighted by Crippen LogP contribution is 2.28. The summed E-state index contributed by atoms with van der Waals surface area (Å²) in [5, 5.41) is 0. The van der Waals surface area contributed by atoms with E-state index in [9.17, 15) is 0 Å². The van der Waals surface area contributed by atoms with Gasteiger partial charge in [0.25, 0.3) is 0 Å². The first-order valence-electron chi connectivity index (χ1n) is 7.68.